The lowest BCUT2D eigenvalue weighted by Crippen LogP contribution is -2.37. The zero-order valence-corrected chi connectivity index (χ0v) is 12.3. The molecule has 2 fully saturated rings. The van der Waals surface area contributed by atoms with Crippen molar-refractivity contribution >= 4 is 11.6 Å². The lowest BCUT2D eigenvalue weighted by molar-refractivity contribution is 0.122. The summed E-state index contributed by atoms with van der Waals surface area (Å²) < 4.78 is 5.40. The predicted octanol–water partition coefficient (Wildman–Crippen LogP) is 2.08. The van der Waals surface area contributed by atoms with Crippen LogP contribution in [-0.2, 0) is 4.74 Å². The minimum Gasteiger partial charge on any atom is -0.378 e. The Morgan fingerprint density at radius 2 is 1.90 bits per heavy atom. The number of morpholine rings is 1. The second-order valence-corrected chi connectivity index (χ2v) is 5.74. The summed E-state index contributed by atoms with van der Waals surface area (Å²) in [5, 5.41) is 0. The van der Waals surface area contributed by atoms with Gasteiger partial charge in [0.05, 0.1) is 13.2 Å². The first kappa shape index (κ1) is 13.6. The van der Waals surface area contributed by atoms with E-state index in [1.165, 1.54) is 32.1 Å². The quantitative estimate of drug-likeness (QED) is 0.845. The van der Waals surface area contributed by atoms with Gasteiger partial charge < -0.3 is 14.5 Å². The van der Waals surface area contributed by atoms with Gasteiger partial charge in [0.2, 0.25) is 0 Å². The first-order valence-corrected chi connectivity index (χ1v) is 7.72. The molecule has 1 aromatic rings. The molecule has 110 valence electrons. The molecule has 0 N–H and O–H groups in total. The van der Waals surface area contributed by atoms with Crippen LogP contribution in [0.25, 0.3) is 0 Å². The summed E-state index contributed by atoms with van der Waals surface area (Å²) in [6.07, 6.45) is 8.33. The highest BCUT2D eigenvalue weighted by Crippen LogP contribution is 2.26. The summed E-state index contributed by atoms with van der Waals surface area (Å²) in [5.41, 5.74) is 0. The van der Waals surface area contributed by atoms with Crippen LogP contribution in [0.2, 0.25) is 0 Å². The van der Waals surface area contributed by atoms with Gasteiger partial charge in [-0.25, -0.2) is 9.97 Å². The third kappa shape index (κ3) is 3.03. The SMILES string of the molecule is CN(c1cc(N2CCOCC2)ncn1)C1CCCCC1. The molecule has 1 aliphatic carbocycles. The molecule has 0 atom stereocenters. The highest BCUT2D eigenvalue weighted by molar-refractivity contribution is 5.50. The maximum absolute atomic E-state index is 5.40. The van der Waals surface area contributed by atoms with E-state index >= 15 is 0 Å². The van der Waals surface area contributed by atoms with Crippen molar-refractivity contribution in [3.63, 3.8) is 0 Å². The summed E-state index contributed by atoms with van der Waals surface area (Å²) in [6, 6.07) is 2.76. The van der Waals surface area contributed by atoms with E-state index in [0.29, 0.717) is 6.04 Å². The topological polar surface area (TPSA) is 41.5 Å². The second kappa shape index (κ2) is 6.39. The second-order valence-electron chi connectivity index (χ2n) is 5.74. The van der Waals surface area contributed by atoms with E-state index in [9.17, 15) is 0 Å². The van der Waals surface area contributed by atoms with Crippen molar-refractivity contribution in [3.8, 4) is 0 Å². The Bertz CT molecular complexity index is 428. The lowest BCUT2D eigenvalue weighted by Gasteiger charge is -2.33. The largest absolute Gasteiger partial charge is 0.378 e. The molecule has 1 aromatic heterocycles. The average molecular weight is 276 g/mol. The molecule has 5 heteroatoms. The molecule has 0 radical (unpaired) electrons. The van der Waals surface area contributed by atoms with Crippen molar-refractivity contribution in [2.45, 2.75) is 38.1 Å². The Balaban J connectivity index is 1.72. The van der Waals surface area contributed by atoms with Crippen molar-refractivity contribution in [1.29, 1.82) is 0 Å². The number of nitrogens with zero attached hydrogens (tertiary/aromatic N) is 4. The standard InChI is InChI=1S/C15H24N4O/c1-18(13-5-3-2-4-6-13)14-11-15(17-12-16-14)19-7-9-20-10-8-19/h11-13H,2-10H2,1H3. The molecule has 2 aliphatic rings. The van der Waals surface area contributed by atoms with Gasteiger partial charge in [-0.15, -0.1) is 0 Å². The van der Waals surface area contributed by atoms with Gasteiger partial charge in [-0.2, -0.15) is 0 Å². The van der Waals surface area contributed by atoms with Gasteiger partial charge >= 0.3 is 0 Å². The molecule has 0 bridgehead atoms. The van der Waals surface area contributed by atoms with Crippen LogP contribution in [0.5, 0.6) is 0 Å². The maximum Gasteiger partial charge on any atom is 0.134 e. The Morgan fingerprint density at radius 3 is 2.65 bits per heavy atom. The van der Waals surface area contributed by atoms with Crippen molar-refractivity contribution in [1.82, 2.24) is 9.97 Å². The average Bonchev–Trinajstić information content (AvgIpc) is 2.56. The number of anilines is 2. The molecule has 2 heterocycles. The zero-order valence-electron chi connectivity index (χ0n) is 12.3. The summed E-state index contributed by atoms with van der Waals surface area (Å²) in [6.45, 7) is 3.42. The number of hydrogen-bond acceptors (Lipinski definition) is 5. The fraction of sp³-hybridized carbons (Fsp3) is 0.733. The van der Waals surface area contributed by atoms with Crippen molar-refractivity contribution in [2.24, 2.45) is 0 Å². The number of rotatable bonds is 3. The van der Waals surface area contributed by atoms with Crippen LogP contribution < -0.4 is 9.80 Å². The third-order valence-electron chi connectivity index (χ3n) is 4.46. The molecule has 0 unspecified atom stereocenters. The summed E-state index contributed by atoms with van der Waals surface area (Å²) in [7, 11) is 2.17. The van der Waals surface area contributed by atoms with Gasteiger partial charge in [0, 0.05) is 32.2 Å². The van der Waals surface area contributed by atoms with Crippen LogP contribution in [0.3, 0.4) is 0 Å². The van der Waals surface area contributed by atoms with Crippen LogP contribution in [0, 0.1) is 0 Å². The lowest BCUT2D eigenvalue weighted by atomic mass is 9.94. The highest BCUT2D eigenvalue weighted by Gasteiger charge is 2.20. The molecule has 1 aliphatic heterocycles. The highest BCUT2D eigenvalue weighted by atomic mass is 16.5. The first-order chi connectivity index (χ1) is 9.84. The molecular formula is C15H24N4O. The molecule has 3 rings (SSSR count). The van der Waals surface area contributed by atoms with E-state index < -0.39 is 0 Å². The van der Waals surface area contributed by atoms with Gasteiger partial charge in [0.1, 0.15) is 18.0 Å². The van der Waals surface area contributed by atoms with Crippen molar-refractivity contribution < 1.29 is 4.74 Å². The fourth-order valence-electron chi connectivity index (χ4n) is 3.15. The van der Waals surface area contributed by atoms with E-state index in [1.54, 1.807) is 6.33 Å². The number of ether oxygens (including phenoxy) is 1. The molecule has 20 heavy (non-hydrogen) atoms. The van der Waals surface area contributed by atoms with Crippen molar-refractivity contribution in [3.05, 3.63) is 12.4 Å². The van der Waals surface area contributed by atoms with Gasteiger partial charge in [-0.05, 0) is 12.8 Å². The van der Waals surface area contributed by atoms with Crippen LogP contribution in [0.4, 0.5) is 11.6 Å². The van der Waals surface area contributed by atoms with Gasteiger partial charge in [0.15, 0.2) is 0 Å². The molecular weight excluding hydrogens is 252 g/mol. The van der Waals surface area contributed by atoms with Crippen LogP contribution in [-0.4, -0.2) is 49.4 Å². The minimum atomic E-state index is 0.635. The molecule has 0 aromatic carbocycles. The molecule has 1 saturated heterocycles. The Morgan fingerprint density at radius 1 is 1.15 bits per heavy atom. The maximum atomic E-state index is 5.40. The normalized spacial score (nSPS) is 20.9. The van der Waals surface area contributed by atoms with E-state index in [-0.39, 0.29) is 0 Å². The van der Waals surface area contributed by atoms with Crippen molar-refractivity contribution in [2.75, 3.05) is 43.2 Å². The molecule has 0 spiro atoms. The minimum absolute atomic E-state index is 0.635. The van der Waals surface area contributed by atoms with E-state index in [4.69, 9.17) is 4.74 Å². The van der Waals surface area contributed by atoms with E-state index in [0.717, 1.165) is 37.9 Å². The predicted molar refractivity (Wildman–Crippen MR) is 80.3 cm³/mol. The zero-order chi connectivity index (χ0) is 13.8. The number of hydrogen-bond donors (Lipinski definition) is 0. The summed E-state index contributed by atoms with van der Waals surface area (Å²) in [4.78, 5) is 13.5. The fourth-order valence-corrected chi connectivity index (χ4v) is 3.15. The first-order valence-electron chi connectivity index (χ1n) is 7.72. The summed E-state index contributed by atoms with van der Waals surface area (Å²) >= 11 is 0. The monoisotopic (exact) mass is 276 g/mol. The Labute approximate surface area is 121 Å². The van der Waals surface area contributed by atoms with Gasteiger partial charge in [-0.1, -0.05) is 19.3 Å². The van der Waals surface area contributed by atoms with Gasteiger partial charge in [0.25, 0.3) is 0 Å². The molecule has 1 saturated carbocycles. The number of aromatic nitrogens is 2. The van der Waals surface area contributed by atoms with Crippen LogP contribution in [0.15, 0.2) is 12.4 Å². The Kier molecular flexibility index (Phi) is 4.35. The molecule has 0 amide bonds. The van der Waals surface area contributed by atoms with E-state index in [1.807, 2.05) is 0 Å². The summed E-state index contributed by atoms with van der Waals surface area (Å²) in [5.74, 6) is 2.08. The Hall–Kier alpha value is -1.36. The van der Waals surface area contributed by atoms with Gasteiger partial charge in [-0.3, -0.25) is 0 Å². The third-order valence-corrected chi connectivity index (χ3v) is 4.46. The molecule has 5 nitrogen and oxygen atoms in total. The van der Waals surface area contributed by atoms with Crippen LogP contribution >= 0.6 is 0 Å². The van der Waals surface area contributed by atoms with Crippen LogP contribution in [0.1, 0.15) is 32.1 Å². The van der Waals surface area contributed by atoms with E-state index in [2.05, 4.69) is 32.9 Å². The smallest absolute Gasteiger partial charge is 0.134 e.